The lowest BCUT2D eigenvalue weighted by Gasteiger charge is -2.18. The summed E-state index contributed by atoms with van der Waals surface area (Å²) in [5.41, 5.74) is 7.69. The van der Waals surface area contributed by atoms with E-state index in [-0.39, 0.29) is 6.04 Å². The number of halogens is 1. The van der Waals surface area contributed by atoms with Gasteiger partial charge in [-0.1, -0.05) is 57.9 Å². The van der Waals surface area contributed by atoms with Gasteiger partial charge in [-0.25, -0.2) is 5.43 Å². The molecular formula is C15H17BrN2. The molecule has 0 bridgehead atoms. The first-order valence-electron chi connectivity index (χ1n) is 5.90. The van der Waals surface area contributed by atoms with Crippen molar-refractivity contribution in [2.24, 2.45) is 5.84 Å². The van der Waals surface area contributed by atoms with Crippen LogP contribution >= 0.6 is 15.9 Å². The Morgan fingerprint density at radius 2 is 1.78 bits per heavy atom. The summed E-state index contributed by atoms with van der Waals surface area (Å²) < 4.78 is 1.12. The maximum Gasteiger partial charge on any atom is 0.0710 e. The van der Waals surface area contributed by atoms with Crippen molar-refractivity contribution < 1.29 is 0 Å². The van der Waals surface area contributed by atoms with E-state index < -0.39 is 0 Å². The predicted molar refractivity (Wildman–Crippen MR) is 79.2 cm³/mol. The van der Waals surface area contributed by atoms with Gasteiger partial charge in [0.1, 0.15) is 0 Å². The zero-order valence-corrected chi connectivity index (χ0v) is 12.2. The molecule has 2 rings (SSSR count). The number of nitrogens with one attached hydrogen (secondary N) is 1. The van der Waals surface area contributed by atoms with E-state index >= 15 is 0 Å². The van der Waals surface area contributed by atoms with Crippen molar-refractivity contribution in [2.45, 2.75) is 19.9 Å². The fourth-order valence-corrected chi connectivity index (χ4v) is 2.33. The molecule has 0 spiro atoms. The van der Waals surface area contributed by atoms with Gasteiger partial charge in [0.25, 0.3) is 0 Å². The van der Waals surface area contributed by atoms with Crippen LogP contribution in [0.3, 0.4) is 0 Å². The van der Waals surface area contributed by atoms with Gasteiger partial charge in [0.15, 0.2) is 0 Å². The minimum Gasteiger partial charge on any atom is -0.271 e. The highest BCUT2D eigenvalue weighted by Crippen LogP contribution is 2.25. The van der Waals surface area contributed by atoms with E-state index in [9.17, 15) is 0 Å². The first-order valence-corrected chi connectivity index (χ1v) is 6.70. The van der Waals surface area contributed by atoms with Crippen LogP contribution in [-0.4, -0.2) is 0 Å². The average molecular weight is 305 g/mol. The van der Waals surface area contributed by atoms with Crippen molar-refractivity contribution in [1.82, 2.24) is 5.43 Å². The van der Waals surface area contributed by atoms with Crippen LogP contribution in [0.4, 0.5) is 0 Å². The Kier molecular flexibility index (Phi) is 4.17. The van der Waals surface area contributed by atoms with Crippen LogP contribution in [0.5, 0.6) is 0 Å². The molecule has 0 aromatic heterocycles. The number of aryl methyl sites for hydroxylation is 2. The van der Waals surface area contributed by atoms with Gasteiger partial charge in [-0.2, -0.15) is 0 Å². The van der Waals surface area contributed by atoms with Crippen LogP contribution in [0.25, 0.3) is 0 Å². The van der Waals surface area contributed by atoms with E-state index in [1.807, 2.05) is 0 Å². The zero-order chi connectivity index (χ0) is 13.1. The van der Waals surface area contributed by atoms with Gasteiger partial charge in [0.2, 0.25) is 0 Å². The van der Waals surface area contributed by atoms with Gasteiger partial charge in [-0.15, -0.1) is 0 Å². The van der Waals surface area contributed by atoms with E-state index in [4.69, 9.17) is 5.84 Å². The van der Waals surface area contributed by atoms with Gasteiger partial charge < -0.3 is 0 Å². The van der Waals surface area contributed by atoms with E-state index in [2.05, 4.69) is 77.7 Å². The van der Waals surface area contributed by atoms with Crippen molar-refractivity contribution in [3.8, 4) is 0 Å². The molecule has 1 atom stereocenters. The lowest BCUT2D eigenvalue weighted by Crippen LogP contribution is -2.28. The molecule has 0 aliphatic heterocycles. The van der Waals surface area contributed by atoms with E-state index in [0.717, 1.165) is 4.47 Å². The Hall–Kier alpha value is -1.16. The third kappa shape index (κ3) is 2.80. The summed E-state index contributed by atoms with van der Waals surface area (Å²) in [6, 6.07) is 14.7. The standard InChI is InChI=1S/C15H17BrN2/c1-10-4-3-5-12(8-10)15(18-17)13-6-7-14(16)11(2)9-13/h3-9,15,18H,17H2,1-2H3. The molecule has 0 fully saturated rings. The first kappa shape index (κ1) is 13.3. The van der Waals surface area contributed by atoms with Crippen LogP contribution in [0.2, 0.25) is 0 Å². The highest BCUT2D eigenvalue weighted by molar-refractivity contribution is 9.10. The Morgan fingerprint density at radius 1 is 1.06 bits per heavy atom. The molecule has 2 nitrogen and oxygen atoms in total. The van der Waals surface area contributed by atoms with E-state index in [1.165, 1.54) is 22.3 Å². The van der Waals surface area contributed by atoms with Crippen LogP contribution in [-0.2, 0) is 0 Å². The number of rotatable bonds is 3. The number of nitrogens with two attached hydrogens (primary N) is 1. The molecular weight excluding hydrogens is 288 g/mol. The molecule has 18 heavy (non-hydrogen) atoms. The zero-order valence-electron chi connectivity index (χ0n) is 10.6. The van der Waals surface area contributed by atoms with Crippen LogP contribution in [0.15, 0.2) is 46.9 Å². The molecule has 0 saturated carbocycles. The summed E-state index contributed by atoms with van der Waals surface area (Å²) in [7, 11) is 0. The van der Waals surface area contributed by atoms with Crippen LogP contribution in [0.1, 0.15) is 28.3 Å². The van der Waals surface area contributed by atoms with Gasteiger partial charge in [-0.3, -0.25) is 5.84 Å². The number of hydrogen-bond donors (Lipinski definition) is 2. The molecule has 0 amide bonds. The molecule has 2 aromatic rings. The summed E-state index contributed by atoms with van der Waals surface area (Å²) in [6.45, 7) is 4.17. The molecule has 0 aliphatic carbocycles. The molecule has 3 heteroatoms. The topological polar surface area (TPSA) is 38.0 Å². The Balaban J connectivity index is 2.42. The lowest BCUT2D eigenvalue weighted by atomic mass is 9.97. The Labute approximate surface area is 116 Å². The van der Waals surface area contributed by atoms with Crippen molar-refractivity contribution in [3.63, 3.8) is 0 Å². The molecule has 0 radical (unpaired) electrons. The molecule has 0 saturated heterocycles. The van der Waals surface area contributed by atoms with Gasteiger partial charge >= 0.3 is 0 Å². The van der Waals surface area contributed by atoms with Gasteiger partial charge in [-0.05, 0) is 36.6 Å². The van der Waals surface area contributed by atoms with E-state index in [1.54, 1.807) is 0 Å². The molecule has 3 N–H and O–H groups in total. The van der Waals surface area contributed by atoms with Crippen molar-refractivity contribution in [2.75, 3.05) is 0 Å². The summed E-state index contributed by atoms with van der Waals surface area (Å²) in [6.07, 6.45) is 0. The Bertz CT molecular complexity index is 552. The fourth-order valence-electron chi connectivity index (χ4n) is 2.08. The van der Waals surface area contributed by atoms with E-state index in [0.29, 0.717) is 0 Å². The van der Waals surface area contributed by atoms with Crippen molar-refractivity contribution in [1.29, 1.82) is 0 Å². The maximum absolute atomic E-state index is 5.71. The number of benzene rings is 2. The molecule has 2 aromatic carbocycles. The lowest BCUT2D eigenvalue weighted by molar-refractivity contribution is 0.636. The molecule has 94 valence electrons. The second-order valence-corrected chi connectivity index (χ2v) is 5.38. The van der Waals surface area contributed by atoms with Crippen molar-refractivity contribution in [3.05, 3.63) is 69.2 Å². The smallest absolute Gasteiger partial charge is 0.0710 e. The monoisotopic (exact) mass is 304 g/mol. The largest absolute Gasteiger partial charge is 0.271 e. The highest BCUT2D eigenvalue weighted by Gasteiger charge is 2.13. The third-order valence-corrected chi connectivity index (χ3v) is 3.95. The van der Waals surface area contributed by atoms with Gasteiger partial charge in [0.05, 0.1) is 6.04 Å². The number of hydrogen-bond acceptors (Lipinski definition) is 2. The van der Waals surface area contributed by atoms with Crippen LogP contribution < -0.4 is 11.3 Å². The molecule has 1 unspecified atom stereocenters. The second-order valence-electron chi connectivity index (χ2n) is 4.52. The summed E-state index contributed by atoms with van der Waals surface area (Å²) in [5.74, 6) is 5.71. The fraction of sp³-hybridized carbons (Fsp3) is 0.200. The summed E-state index contributed by atoms with van der Waals surface area (Å²) >= 11 is 3.52. The normalized spacial score (nSPS) is 12.4. The molecule has 0 aliphatic rings. The summed E-state index contributed by atoms with van der Waals surface area (Å²) in [5, 5.41) is 0. The Morgan fingerprint density at radius 3 is 2.39 bits per heavy atom. The minimum absolute atomic E-state index is 0.0247. The quantitative estimate of drug-likeness (QED) is 0.671. The minimum atomic E-state index is 0.0247. The molecule has 0 heterocycles. The predicted octanol–water partition coefficient (Wildman–Crippen LogP) is 3.62. The summed E-state index contributed by atoms with van der Waals surface area (Å²) in [4.78, 5) is 0. The second kappa shape index (κ2) is 5.65. The SMILES string of the molecule is Cc1cccc(C(NN)c2ccc(Br)c(C)c2)c1. The first-order chi connectivity index (χ1) is 8.61. The van der Waals surface area contributed by atoms with Crippen LogP contribution in [0, 0.1) is 13.8 Å². The van der Waals surface area contributed by atoms with Gasteiger partial charge in [0, 0.05) is 4.47 Å². The third-order valence-electron chi connectivity index (χ3n) is 3.06. The van der Waals surface area contributed by atoms with Crippen molar-refractivity contribution >= 4 is 15.9 Å². The maximum atomic E-state index is 5.71. The average Bonchev–Trinajstić information content (AvgIpc) is 2.35. The number of hydrazine groups is 1. The highest BCUT2D eigenvalue weighted by atomic mass is 79.9.